The van der Waals surface area contributed by atoms with Crippen molar-refractivity contribution in [3.63, 3.8) is 0 Å². The van der Waals surface area contributed by atoms with Gasteiger partial charge in [-0.25, -0.2) is 0 Å². The highest BCUT2D eigenvalue weighted by Crippen LogP contribution is 2.28. The highest BCUT2D eigenvalue weighted by Gasteiger charge is 2.07. The van der Waals surface area contributed by atoms with Gasteiger partial charge in [0.15, 0.2) is 0 Å². The number of nitrogen functional groups attached to an aromatic ring is 1. The molecule has 108 valence electrons. The van der Waals surface area contributed by atoms with Crippen LogP contribution in [0.4, 0.5) is 11.4 Å². The average Bonchev–Trinajstić information content (AvgIpc) is 2.81. The summed E-state index contributed by atoms with van der Waals surface area (Å²) in [7, 11) is 5.80. The molecule has 0 fully saturated rings. The van der Waals surface area contributed by atoms with Gasteiger partial charge in [0, 0.05) is 17.1 Å². The zero-order valence-electron chi connectivity index (χ0n) is 12.1. The molecule has 0 saturated heterocycles. The van der Waals surface area contributed by atoms with Gasteiger partial charge >= 0.3 is 0 Å². The first-order valence-corrected chi connectivity index (χ1v) is 7.35. The fourth-order valence-corrected chi connectivity index (χ4v) is 2.77. The number of anilines is 2. The predicted molar refractivity (Wildman–Crippen MR) is 86.4 cm³/mol. The lowest BCUT2D eigenvalue weighted by Gasteiger charge is -2.15. The van der Waals surface area contributed by atoms with Gasteiger partial charge in [-0.15, -0.1) is 11.3 Å². The number of ether oxygens (including phenoxy) is 1. The molecule has 0 amide bonds. The molecule has 4 nitrogen and oxygen atoms in total. The van der Waals surface area contributed by atoms with Crippen molar-refractivity contribution in [3.8, 4) is 5.75 Å². The number of hydrogen-bond acceptors (Lipinski definition) is 5. The van der Waals surface area contributed by atoms with Gasteiger partial charge in [0.05, 0.1) is 19.3 Å². The zero-order chi connectivity index (χ0) is 14.5. The summed E-state index contributed by atoms with van der Waals surface area (Å²) in [6.07, 6.45) is 0. The first-order valence-electron chi connectivity index (χ1n) is 6.47. The van der Waals surface area contributed by atoms with Crippen molar-refractivity contribution < 1.29 is 4.74 Å². The molecule has 0 aliphatic heterocycles. The zero-order valence-corrected chi connectivity index (χ0v) is 13.0. The maximum absolute atomic E-state index is 5.90. The van der Waals surface area contributed by atoms with E-state index in [0.717, 1.165) is 28.5 Å². The number of benzene rings is 1. The lowest BCUT2D eigenvalue weighted by atomic mass is 10.1. The van der Waals surface area contributed by atoms with Gasteiger partial charge in [-0.3, -0.25) is 0 Å². The minimum Gasteiger partial charge on any atom is -0.495 e. The molecule has 2 rings (SSSR count). The summed E-state index contributed by atoms with van der Waals surface area (Å²) < 4.78 is 5.40. The van der Waals surface area contributed by atoms with E-state index >= 15 is 0 Å². The van der Waals surface area contributed by atoms with Crippen LogP contribution in [0.15, 0.2) is 29.6 Å². The Morgan fingerprint density at radius 2 is 2.10 bits per heavy atom. The van der Waals surface area contributed by atoms with Crippen LogP contribution in [0, 0.1) is 0 Å². The molecule has 0 spiro atoms. The molecule has 0 radical (unpaired) electrons. The van der Waals surface area contributed by atoms with Crippen molar-refractivity contribution in [1.82, 2.24) is 4.90 Å². The van der Waals surface area contributed by atoms with Gasteiger partial charge in [0.1, 0.15) is 5.75 Å². The van der Waals surface area contributed by atoms with Gasteiger partial charge < -0.3 is 20.7 Å². The van der Waals surface area contributed by atoms with Crippen molar-refractivity contribution in [1.29, 1.82) is 0 Å². The quantitative estimate of drug-likeness (QED) is 0.859. The SMILES string of the molecule is COc1ccc(CN(C)C)cc1NCc1sccc1N. The van der Waals surface area contributed by atoms with E-state index in [1.54, 1.807) is 18.4 Å². The summed E-state index contributed by atoms with van der Waals surface area (Å²) in [4.78, 5) is 3.29. The molecule has 3 N–H and O–H groups in total. The summed E-state index contributed by atoms with van der Waals surface area (Å²) in [5, 5.41) is 5.41. The second-order valence-corrected chi connectivity index (χ2v) is 5.93. The van der Waals surface area contributed by atoms with E-state index in [2.05, 4.69) is 36.4 Å². The van der Waals surface area contributed by atoms with Gasteiger partial charge in [0.25, 0.3) is 0 Å². The van der Waals surface area contributed by atoms with E-state index in [9.17, 15) is 0 Å². The van der Waals surface area contributed by atoms with E-state index in [-0.39, 0.29) is 0 Å². The molecule has 1 aromatic heterocycles. The molecule has 1 aromatic carbocycles. The Hall–Kier alpha value is -1.72. The van der Waals surface area contributed by atoms with E-state index in [1.807, 2.05) is 17.5 Å². The second-order valence-electron chi connectivity index (χ2n) is 4.93. The van der Waals surface area contributed by atoms with E-state index < -0.39 is 0 Å². The number of nitrogens with one attached hydrogen (secondary N) is 1. The van der Waals surface area contributed by atoms with E-state index in [0.29, 0.717) is 6.54 Å². The van der Waals surface area contributed by atoms with Crippen LogP contribution in [0.2, 0.25) is 0 Å². The fraction of sp³-hybridized carbons (Fsp3) is 0.333. The normalized spacial score (nSPS) is 10.8. The van der Waals surface area contributed by atoms with Crippen LogP contribution in [0.1, 0.15) is 10.4 Å². The molecule has 0 atom stereocenters. The lowest BCUT2D eigenvalue weighted by Crippen LogP contribution is -2.11. The van der Waals surface area contributed by atoms with Gasteiger partial charge in [-0.05, 0) is 43.2 Å². The monoisotopic (exact) mass is 291 g/mol. The molecular formula is C15H21N3OS. The molecule has 0 saturated carbocycles. The topological polar surface area (TPSA) is 50.5 Å². The number of rotatable bonds is 6. The second kappa shape index (κ2) is 6.63. The first-order chi connectivity index (χ1) is 9.60. The van der Waals surface area contributed by atoms with Gasteiger partial charge in [-0.2, -0.15) is 0 Å². The Bertz CT molecular complexity index is 566. The third-order valence-corrected chi connectivity index (χ3v) is 3.92. The lowest BCUT2D eigenvalue weighted by molar-refractivity contribution is 0.400. The molecule has 0 aliphatic rings. The van der Waals surface area contributed by atoms with E-state index in [4.69, 9.17) is 10.5 Å². The molecule has 20 heavy (non-hydrogen) atoms. The van der Waals surface area contributed by atoms with Crippen LogP contribution in [0.5, 0.6) is 5.75 Å². The summed E-state index contributed by atoms with van der Waals surface area (Å²) in [5.74, 6) is 0.850. The number of nitrogens with zero attached hydrogens (tertiary/aromatic N) is 1. The first kappa shape index (κ1) is 14.7. The van der Waals surface area contributed by atoms with Crippen molar-refractivity contribution >= 4 is 22.7 Å². The average molecular weight is 291 g/mol. The van der Waals surface area contributed by atoms with Crippen molar-refractivity contribution in [3.05, 3.63) is 40.1 Å². The maximum atomic E-state index is 5.90. The molecule has 0 aliphatic carbocycles. The minimum atomic E-state index is 0.714. The van der Waals surface area contributed by atoms with Gasteiger partial charge in [-0.1, -0.05) is 6.07 Å². The number of methoxy groups -OCH3 is 1. The van der Waals surface area contributed by atoms with Crippen LogP contribution in [-0.4, -0.2) is 26.1 Å². The van der Waals surface area contributed by atoms with Crippen LogP contribution in [0.3, 0.4) is 0 Å². The molecule has 1 heterocycles. The Kier molecular flexibility index (Phi) is 4.87. The van der Waals surface area contributed by atoms with Crippen LogP contribution in [0.25, 0.3) is 0 Å². The summed E-state index contributed by atoms with van der Waals surface area (Å²) in [6.45, 7) is 1.62. The van der Waals surface area contributed by atoms with Crippen LogP contribution >= 0.6 is 11.3 Å². The number of nitrogens with two attached hydrogens (primary N) is 1. The Labute approximate surface area is 124 Å². The minimum absolute atomic E-state index is 0.714. The largest absolute Gasteiger partial charge is 0.495 e. The third-order valence-electron chi connectivity index (χ3n) is 2.98. The van der Waals surface area contributed by atoms with Crippen molar-refractivity contribution in [2.45, 2.75) is 13.1 Å². The van der Waals surface area contributed by atoms with Crippen molar-refractivity contribution in [2.24, 2.45) is 0 Å². The molecule has 0 bridgehead atoms. The predicted octanol–water partition coefficient (Wildman–Crippen LogP) is 3.01. The number of hydrogen-bond donors (Lipinski definition) is 2. The van der Waals surface area contributed by atoms with E-state index in [1.165, 1.54) is 5.56 Å². The maximum Gasteiger partial charge on any atom is 0.141 e. The summed E-state index contributed by atoms with van der Waals surface area (Å²) in [6, 6.07) is 8.15. The number of thiophene rings is 1. The summed E-state index contributed by atoms with van der Waals surface area (Å²) in [5.41, 5.74) is 8.99. The molecule has 2 aromatic rings. The molecule has 5 heteroatoms. The molecule has 0 unspecified atom stereocenters. The third kappa shape index (κ3) is 3.65. The smallest absolute Gasteiger partial charge is 0.141 e. The fourth-order valence-electron chi connectivity index (χ4n) is 2.03. The highest BCUT2D eigenvalue weighted by atomic mass is 32.1. The summed E-state index contributed by atoms with van der Waals surface area (Å²) >= 11 is 1.66. The standard InChI is InChI=1S/C15H21N3OS/c1-18(2)10-11-4-5-14(19-3)13(8-11)17-9-15-12(16)6-7-20-15/h4-8,17H,9-10,16H2,1-3H3. The van der Waals surface area contributed by atoms with Crippen LogP contribution in [-0.2, 0) is 13.1 Å². The van der Waals surface area contributed by atoms with Crippen LogP contribution < -0.4 is 15.8 Å². The van der Waals surface area contributed by atoms with Gasteiger partial charge in [0.2, 0.25) is 0 Å². The molecular weight excluding hydrogens is 270 g/mol. The Morgan fingerprint density at radius 3 is 2.70 bits per heavy atom. The van der Waals surface area contributed by atoms with Crippen molar-refractivity contribution in [2.75, 3.05) is 32.3 Å². The highest BCUT2D eigenvalue weighted by molar-refractivity contribution is 7.10. The Balaban J connectivity index is 2.13. The Morgan fingerprint density at radius 1 is 1.30 bits per heavy atom.